The van der Waals surface area contributed by atoms with Gasteiger partial charge >= 0.3 is 6.36 Å². The Kier molecular flexibility index (Phi) is 8.03. The van der Waals surface area contributed by atoms with Gasteiger partial charge in [0.1, 0.15) is 17.1 Å². The van der Waals surface area contributed by atoms with Crippen LogP contribution in [0.3, 0.4) is 0 Å². The maximum absolute atomic E-state index is 13.1. The molecule has 2 aliphatic heterocycles. The Balaban J connectivity index is 1.41. The van der Waals surface area contributed by atoms with Crippen LogP contribution in [-0.2, 0) is 26.0 Å². The van der Waals surface area contributed by atoms with Crippen LogP contribution in [0, 0.1) is 6.92 Å². The summed E-state index contributed by atoms with van der Waals surface area (Å²) in [5, 5.41) is 5.40. The monoisotopic (exact) mass is 566 g/mol. The van der Waals surface area contributed by atoms with E-state index in [1.54, 1.807) is 19.1 Å². The molecule has 0 radical (unpaired) electrons. The second-order valence-corrected chi connectivity index (χ2v) is 11.6. The average molecular weight is 567 g/mol. The van der Waals surface area contributed by atoms with Crippen molar-refractivity contribution in [3.05, 3.63) is 59.2 Å². The average Bonchev–Trinajstić information content (AvgIpc) is 3.19. The number of anilines is 1. The summed E-state index contributed by atoms with van der Waals surface area (Å²) < 4.78 is 69.3. The van der Waals surface area contributed by atoms with Gasteiger partial charge < -0.3 is 15.4 Å². The highest BCUT2D eigenvalue weighted by Crippen LogP contribution is 2.33. The van der Waals surface area contributed by atoms with Gasteiger partial charge in [-0.2, -0.15) is 0 Å². The summed E-state index contributed by atoms with van der Waals surface area (Å²) in [5.74, 6) is -1.01. The maximum atomic E-state index is 13.1. The maximum Gasteiger partial charge on any atom is 0.573 e. The molecule has 9 nitrogen and oxygen atoms in total. The summed E-state index contributed by atoms with van der Waals surface area (Å²) in [6.45, 7) is 3.77. The molecule has 1 fully saturated rings. The molecule has 13 heteroatoms. The molecule has 2 heterocycles. The number of aliphatic imine (C=N–C) groups is 1. The van der Waals surface area contributed by atoms with Crippen LogP contribution < -0.4 is 15.4 Å². The first-order valence-corrected chi connectivity index (χ1v) is 14.1. The Morgan fingerprint density at radius 2 is 1.90 bits per heavy atom. The molecule has 2 aliphatic rings. The minimum absolute atomic E-state index is 0.0787. The first-order valence-electron chi connectivity index (χ1n) is 12.4. The number of nitrogens with zero attached hydrogens (tertiary/aromatic N) is 2. The summed E-state index contributed by atoms with van der Waals surface area (Å²) >= 11 is 0. The normalized spacial score (nSPS) is 17.6. The molecule has 0 aliphatic carbocycles. The lowest BCUT2D eigenvalue weighted by molar-refractivity contribution is -0.274. The van der Waals surface area contributed by atoms with Crippen LogP contribution in [0.4, 0.5) is 18.9 Å². The summed E-state index contributed by atoms with van der Waals surface area (Å²) in [6, 6.07) is 10.5. The Labute approximate surface area is 224 Å². The van der Waals surface area contributed by atoms with Gasteiger partial charge in [0.2, 0.25) is 15.9 Å². The molecule has 2 aromatic rings. The highest BCUT2D eigenvalue weighted by atomic mass is 32.2. The van der Waals surface area contributed by atoms with E-state index in [2.05, 4.69) is 20.4 Å². The first-order chi connectivity index (χ1) is 18.3. The predicted octanol–water partition coefficient (Wildman–Crippen LogP) is 3.53. The van der Waals surface area contributed by atoms with E-state index in [1.807, 2.05) is 13.0 Å². The number of halogens is 3. The molecule has 39 heavy (non-hydrogen) atoms. The Bertz CT molecular complexity index is 1400. The van der Waals surface area contributed by atoms with E-state index in [1.165, 1.54) is 16.4 Å². The molecule has 2 aromatic carbocycles. The van der Waals surface area contributed by atoms with Crippen molar-refractivity contribution in [3.63, 3.8) is 0 Å². The quantitative estimate of drug-likeness (QED) is 0.507. The number of aryl methyl sites for hydroxylation is 2. The van der Waals surface area contributed by atoms with Gasteiger partial charge in [-0.15, -0.1) is 13.2 Å². The zero-order valence-corrected chi connectivity index (χ0v) is 22.3. The third-order valence-electron chi connectivity index (χ3n) is 6.85. The molecule has 2 N–H and O–H groups in total. The number of alkyl halides is 3. The number of carbonyl (C=O) groups excluding carboxylic acids is 2. The molecule has 0 saturated carbocycles. The molecule has 2 amide bonds. The van der Waals surface area contributed by atoms with Crippen molar-refractivity contribution in [2.24, 2.45) is 4.99 Å². The minimum atomic E-state index is -4.86. The third kappa shape index (κ3) is 6.77. The van der Waals surface area contributed by atoms with E-state index in [0.717, 1.165) is 23.3 Å². The van der Waals surface area contributed by atoms with Gasteiger partial charge in [0.05, 0.1) is 5.75 Å². The van der Waals surface area contributed by atoms with Crippen molar-refractivity contribution in [1.29, 1.82) is 0 Å². The van der Waals surface area contributed by atoms with Crippen molar-refractivity contribution >= 4 is 33.4 Å². The molecule has 4 rings (SSSR count). The Morgan fingerprint density at radius 3 is 2.56 bits per heavy atom. The van der Waals surface area contributed by atoms with E-state index in [4.69, 9.17) is 0 Å². The molecule has 0 bridgehead atoms. The lowest BCUT2D eigenvalue weighted by Crippen LogP contribution is -2.50. The van der Waals surface area contributed by atoms with Gasteiger partial charge in [0, 0.05) is 30.8 Å². The molecular formula is C26H29F3N4O5S. The number of hydrogen-bond acceptors (Lipinski definition) is 6. The van der Waals surface area contributed by atoms with E-state index in [9.17, 15) is 31.2 Å². The number of amides is 2. The van der Waals surface area contributed by atoms with Crippen molar-refractivity contribution in [2.75, 3.05) is 24.2 Å². The lowest BCUT2D eigenvalue weighted by Gasteiger charge is -2.34. The largest absolute Gasteiger partial charge is 0.573 e. The molecule has 1 saturated heterocycles. The number of sulfonamides is 1. The minimum Gasteiger partial charge on any atom is -0.406 e. The lowest BCUT2D eigenvalue weighted by atomic mass is 9.89. The van der Waals surface area contributed by atoms with Crippen molar-refractivity contribution in [3.8, 4) is 5.75 Å². The van der Waals surface area contributed by atoms with Gasteiger partial charge in [0.15, 0.2) is 0 Å². The number of nitrogens with one attached hydrogen (secondary N) is 2. The van der Waals surface area contributed by atoms with Crippen LogP contribution in [0.5, 0.6) is 5.75 Å². The van der Waals surface area contributed by atoms with Crippen LogP contribution in [-0.4, -0.2) is 61.1 Å². The van der Waals surface area contributed by atoms with Gasteiger partial charge in [0.25, 0.3) is 5.91 Å². The number of rotatable bonds is 8. The van der Waals surface area contributed by atoms with Crippen molar-refractivity contribution in [1.82, 2.24) is 9.62 Å². The summed E-state index contributed by atoms with van der Waals surface area (Å²) in [5.41, 5.74) is 1.39. The summed E-state index contributed by atoms with van der Waals surface area (Å²) in [4.78, 5) is 29.0. The van der Waals surface area contributed by atoms with Gasteiger partial charge in [-0.1, -0.05) is 25.1 Å². The van der Waals surface area contributed by atoms with E-state index in [-0.39, 0.29) is 55.4 Å². The second kappa shape index (κ2) is 11.0. The van der Waals surface area contributed by atoms with E-state index in [0.29, 0.717) is 12.1 Å². The molecule has 0 atom stereocenters. The number of hydrogen-bond donors (Lipinski definition) is 2. The fourth-order valence-corrected chi connectivity index (χ4v) is 6.08. The number of piperidine rings is 1. The number of benzene rings is 2. The SMILES string of the molecule is CCC(=O)Nc1ccc(C)c(CCS(=O)(=O)N2CCC3(CC2)N=C(c2cccc(OC(F)(F)F)c2)NC3=O)c1. The zero-order valence-electron chi connectivity index (χ0n) is 21.5. The number of carbonyl (C=O) groups is 2. The molecule has 0 aromatic heterocycles. The van der Waals surface area contributed by atoms with Crippen LogP contribution in [0.2, 0.25) is 0 Å². The van der Waals surface area contributed by atoms with E-state index < -0.39 is 33.6 Å². The highest BCUT2D eigenvalue weighted by Gasteiger charge is 2.47. The fraction of sp³-hybridized carbons (Fsp3) is 0.423. The summed E-state index contributed by atoms with van der Waals surface area (Å²) in [7, 11) is -3.65. The van der Waals surface area contributed by atoms with Gasteiger partial charge in [-0.25, -0.2) is 12.7 Å². The zero-order chi connectivity index (χ0) is 28.4. The fourth-order valence-electron chi connectivity index (χ4n) is 4.60. The van der Waals surface area contributed by atoms with Gasteiger partial charge in [-0.3, -0.25) is 14.6 Å². The number of amidine groups is 1. The van der Waals surface area contributed by atoms with Crippen molar-refractivity contribution in [2.45, 2.75) is 51.4 Å². The molecular weight excluding hydrogens is 537 g/mol. The topological polar surface area (TPSA) is 117 Å². The smallest absolute Gasteiger partial charge is 0.406 e. The molecule has 1 spiro atoms. The standard InChI is InChI=1S/C26H29F3N4O5S/c1-3-22(34)30-20-8-7-17(2)18(15-20)9-14-39(36,37)33-12-10-25(11-13-33)24(35)31-23(32-25)19-5-4-6-21(16-19)38-26(27,28)29/h4-8,15-16H,3,9-14H2,1-2H3,(H,30,34)(H,31,32,35). The van der Waals surface area contributed by atoms with Crippen LogP contribution >= 0.6 is 0 Å². The molecule has 0 unspecified atom stereocenters. The van der Waals surface area contributed by atoms with E-state index >= 15 is 0 Å². The van der Waals surface area contributed by atoms with Crippen molar-refractivity contribution < 1.29 is 35.9 Å². The van der Waals surface area contributed by atoms with Crippen LogP contribution in [0.1, 0.15) is 42.9 Å². The summed E-state index contributed by atoms with van der Waals surface area (Å²) in [6.07, 6.45) is -4.00. The van der Waals surface area contributed by atoms with Crippen LogP contribution in [0.25, 0.3) is 0 Å². The first kappa shape index (κ1) is 28.6. The van der Waals surface area contributed by atoms with Crippen LogP contribution in [0.15, 0.2) is 47.5 Å². The highest BCUT2D eigenvalue weighted by molar-refractivity contribution is 7.89. The number of ether oxygens (including phenoxy) is 1. The Hall–Kier alpha value is -3.45. The molecule has 210 valence electrons. The Morgan fingerprint density at radius 1 is 1.18 bits per heavy atom. The predicted molar refractivity (Wildman–Crippen MR) is 139 cm³/mol. The van der Waals surface area contributed by atoms with Gasteiger partial charge in [-0.05, 0) is 61.6 Å². The second-order valence-electron chi connectivity index (χ2n) is 9.53. The third-order valence-corrected chi connectivity index (χ3v) is 8.72.